The number of hydrogen-bond donors (Lipinski definition) is 0. The van der Waals surface area contributed by atoms with Crippen molar-refractivity contribution in [2.75, 3.05) is 0 Å². The molecule has 68 valence electrons. The molecule has 0 unspecified atom stereocenters. The van der Waals surface area contributed by atoms with Crippen LogP contribution in [-0.4, -0.2) is 5.78 Å². The van der Waals surface area contributed by atoms with Gasteiger partial charge >= 0.3 is 0 Å². The monoisotopic (exact) mass is 166 g/mol. The van der Waals surface area contributed by atoms with E-state index in [4.69, 9.17) is 0 Å². The number of hydrogen-bond acceptors (Lipinski definition) is 1. The topological polar surface area (TPSA) is 17.1 Å². The van der Waals surface area contributed by atoms with Gasteiger partial charge in [-0.3, -0.25) is 4.79 Å². The van der Waals surface area contributed by atoms with Gasteiger partial charge in [-0.15, -0.1) is 0 Å². The first-order valence-corrected chi connectivity index (χ1v) is 5.07. The molecule has 0 radical (unpaired) electrons. The summed E-state index contributed by atoms with van der Waals surface area (Å²) in [4.78, 5) is 11.5. The van der Waals surface area contributed by atoms with Crippen molar-refractivity contribution in [3.63, 3.8) is 0 Å². The van der Waals surface area contributed by atoms with Crippen molar-refractivity contribution in [1.29, 1.82) is 0 Å². The van der Waals surface area contributed by atoms with Gasteiger partial charge in [0.25, 0.3) is 0 Å². The molecule has 0 saturated heterocycles. The lowest BCUT2D eigenvalue weighted by Gasteiger charge is -2.10. The lowest BCUT2D eigenvalue weighted by molar-refractivity contribution is -0.116. The summed E-state index contributed by atoms with van der Waals surface area (Å²) in [6, 6.07) is 0. The first-order chi connectivity index (χ1) is 5.84. The van der Waals surface area contributed by atoms with Gasteiger partial charge in [0, 0.05) is 6.42 Å². The number of rotatable bonds is 1. The lowest BCUT2D eigenvalue weighted by atomic mass is 9.94. The van der Waals surface area contributed by atoms with Crippen molar-refractivity contribution < 1.29 is 4.79 Å². The maximum Gasteiger partial charge on any atom is 0.158 e. The highest BCUT2D eigenvalue weighted by molar-refractivity contribution is 5.95. The van der Waals surface area contributed by atoms with E-state index in [1.54, 1.807) is 0 Å². The molecule has 1 saturated carbocycles. The Hall–Kier alpha value is -0.590. The summed E-state index contributed by atoms with van der Waals surface area (Å²) in [5.74, 6) is 0.400. The van der Waals surface area contributed by atoms with Crippen LogP contribution in [0.15, 0.2) is 11.6 Å². The molecule has 0 aromatic heterocycles. The van der Waals surface area contributed by atoms with Crippen LogP contribution in [0, 0.1) is 0 Å². The van der Waals surface area contributed by atoms with E-state index >= 15 is 0 Å². The van der Waals surface area contributed by atoms with Gasteiger partial charge in [-0.05, 0) is 31.3 Å². The van der Waals surface area contributed by atoms with Crippen LogP contribution in [0.4, 0.5) is 0 Å². The minimum absolute atomic E-state index is 0.400. The van der Waals surface area contributed by atoms with E-state index in [-0.39, 0.29) is 0 Å². The molecule has 1 heteroatoms. The largest absolute Gasteiger partial charge is 0.295 e. The molecule has 1 rings (SSSR count). The summed E-state index contributed by atoms with van der Waals surface area (Å²) in [6.07, 6.45) is 9.75. The maximum absolute atomic E-state index is 11.5. The van der Waals surface area contributed by atoms with Gasteiger partial charge in [0.15, 0.2) is 5.78 Å². The number of Topliss-reactive ketones (excluding diaryl/α,β-unsaturated/α-hetero) is 1. The van der Waals surface area contributed by atoms with Crippen molar-refractivity contribution in [3.8, 4) is 0 Å². The molecule has 0 aromatic carbocycles. The Labute approximate surface area is 74.9 Å². The number of carbonyl (C=O) groups excluding carboxylic acids is 1. The first-order valence-electron chi connectivity index (χ1n) is 5.07. The van der Waals surface area contributed by atoms with Gasteiger partial charge in [-0.2, -0.15) is 0 Å². The van der Waals surface area contributed by atoms with Crippen LogP contribution in [0.1, 0.15) is 51.9 Å². The molecule has 0 spiro atoms. The molecule has 0 heterocycles. The van der Waals surface area contributed by atoms with Crippen LogP contribution in [0.5, 0.6) is 0 Å². The van der Waals surface area contributed by atoms with Crippen LogP contribution >= 0.6 is 0 Å². The molecule has 1 nitrogen and oxygen atoms in total. The van der Waals surface area contributed by atoms with Crippen molar-refractivity contribution in [3.05, 3.63) is 11.6 Å². The molecule has 0 bridgehead atoms. The van der Waals surface area contributed by atoms with E-state index in [0.717, 1.165) is 31.3 Å². The predicted molar refractivity (Wildman–Crippen MR) is 51.1 cm³/mol. The molecule has 0 aromatic rings. The van der Waals surface area contributed by atoms with Crippen LogP contribution in [-0.2, 0) is 4.79 Å². The van der Waals surface area contributed by atoms with Gasteiger partial charge in [0.2, 0.25) is 0 Å². The standard InChI is InChI=1S/C11H18O/c1-2-7-10-8-5-3-4-6-9-11(10)12/h7H,2-6,8-9H2,1H3/b10-7-. The molecule has 1 aliphatic rings. The quantitative estimate of drug-likeness (QED) is 0.546. The Kier molecular flexibility index (Phi) is 4.06. The molecule has 1 aliphatic carbocycles. The highest BCUT2D eigenvalue weighted by Gasteiger charge is 2.10. The summed E-state index contributed by atoms with van der Waals surface area (Å²) in [5, 5.41) is 0. The predicted octanol–water partition coefficient (Wildman–Crippen LogP) is 3.25. The molecule has 0 aliphatic heterocycles. The third-order valence-corrected chi connectivity index (χ3v) is 2.41. The molecule has 0 amide bonds. The Morgan fingerprint density at radius 2 is 1.83 bits per heavy atom. The van der Waals surface area contributed by atoms with Gasteiger partial charge in [-0.1, -0.05) is 25.8 Å². The Morgan fingerprint density at radius 1 is 1.17 bits per heavy atom. The molecule has 1 fully saturated rings. The van der Waals surface area contributed by atoms with Crippen LogP contribution in [0.3, 0.4) is 0 Å². The van der Waals surface area contributed by atoms with E-state index in [1.165, 1.54) is 19.3 Å². The summed E-state index contributed by atoms with van der Waals surface area (Å²) >= 11 is 0. The van der Waals surface area contributed by atoms with E-state index in [0.29, 0.717) is 5.78 Å². The van der Waals surface area contributed by atoms with Crippen molar-refractivity contribution in [2.45, 2.75) is 51.9 Å². The first kappa shape index (κ1) is 9.50. The van der Waals surface area contributed by atoms with Crippen LogP contribution < -0.4 is 0 Å². The molecule has 12 heavy (non-hydrogen) atoms. The van der Waals surface area contributed by atoms with Gasteiger partial charge < -0.3 is 0 Å². The van der Waals surface area contributed by atoms with Crippen molar-refractivity contribution in [2.24, 2.45) is 0 Å². The zero-order valence-electron chi connectivity index (χ0n) is 7.94. The van der Waals surface area contributed by atoms with E-state index in [1.807, 2.05) is 0 Å². The van der Waals surface area contributed by atoms with Gasteiger partial charge in [-0.25, -0.2) is 0 Å². The average Bonchev–Trinajstić information content (AvgIpc) is 2.05. The zero-order chi connectivity index (χ0) is 8.81. The Morgan fingerprint density at radius 3 is 2.50 bits per heavy atom. The minimum atomic E-state index is 0.400. The summed E-state index contributed by atoms with van der Waals surface area (Å²) in [7, 11) is 0. The minimum Gasteiger partial charge on any atom is -0.295 e. The van der Waals surface area contributed by atoms with E-state index in [9.17, 15) is 4.79 Å². The Balaban J connectivity index is 2.55. The smallest absolute Gasteiger partial charge is 0.158 e. The highest BCUT2D eigenvalue weighted by Crippen LogP contribution is 2.18. The average molecular weight is 166 g/mol. The maximum atomic E-state index is 11.5. The summed E-state index contributed by atoms with van der Waals surface area (Å²) in [5.41, 5.74) is 1.09. The third-order valence-electron chi connectivity index (χ3n) is 2.41. The van der Waals surface area contributed by atoms with Gasteiger partial charge in [0.05, 0.1) is 0 Å². The van der Waals surface area contributed by atoms with Crippen LogP contribution in [0.2, 0.25) is 0 Å². The second-order valence-electron chi connectivity index (χ2n) is 3.48. The summed E-state index contributed by atoms with van der Waals surface area (Å²) < 4.78 is 0. The number of allylic oxidation sites excluding steroid dienone is 2. The fourth-order valence-electron chi connectivity index (χ4n) is 1.72. The zero-order valence-corrected chi connectivity index (χ0v) is 7.94. The highest BCUT2D eigenvalue weighted by atomic mass is 16.1. The third kappa shape index (κ3) is 2.80. The number of ketones is 1. The normalized spacial score (nSPS) is 23.8. The molecule has 0 atom stereocenters. The van der Waals surface area contributed by atoms with E-state index < -0.39 is 0 Å². The fourth-order valence-corrected chi connectivity index (χ4v) is 1.72. The second kappa shape index (κ2) is 5.13. The van der Waals surface area contributed by atoms with E-state index in [2.05, 4.69) is 13.0 Å². The lowest BCUT2D eigenvalue weighted by Crippen LogP contribution is -2.05. The van der Waals surface area contributed by atoms with Crippen LogP contribution in [0.25, 0.3) is 0 Å². The molecular formula is C11H18O. The second-order valence-corrected chi connectivity index (χ2v) is 3.48. The van der Waals surface area contributed by atoms with Crippen molar-refractivity contribution in [1.82, 2.24) is 0 Å². The van der Waals surface area contributed by atoms with Crippen molar-refractivity contribution >= 4 is 5.78 Å². The molecule has 0 N–H and O–H groups in total. The SMILES string of the molecule is CC/C=C1/CCCCCCC1=O. The summed E-state index contributed by atoms with van der Waals surface area (Å²) in [6.45, 7) is 2.10. The Bertz CT molecular complexity index is 179. The fraction of sp³-hybridized carbons (Fsp3) is 0.727. The van der Waals surface area contributed by atoms with Gasteiger partial charge in [0.1, 0.15) is 0 Å². The number of carbonyl (C=O) groups is 1. The molecular weight excluding hydrogens is 148 g/mol.